The van der Waals surface area contributed by atoms with E-state index >= 15 is 0 Å². The number of imidazole rings is 1. The number of hydrogen-bond acceptors (Lipinski definition) is 6. The van der Waals surface area contributed by atoms with Gasteiger partial charge in [-0.2, -0.15) is 8.42 Å². The Labute approximate surface area is 202 Å². The average Bonchev–Trinajstić information content (AvgIpc) is 3.15. The van der Waals surface area contributed by atoms with Crippen molar-refractivity contribution < 1.29 is 17.4 Å². The number of piperidine rings is 1. The Morgan fingerprint density at radius 1 is 1.15 bits per heavy atom. The number of fused-ring (bicyclic) bond motifs is 1. The van der Waals surface area contributed by atoms with E-state index in [-0.39, 0.29) is 26.6 Å². The quantitative estimate of drug-likeness (QED) is 0.377. The van der Waals surface area contributed by atoms with Crippen LogP contribution in [0.25, 0.3) is 11.0 Å². The van der Waals surface area contributed by atoms with Crippen molar-refractivity contribution in [3.05, 3.63) is 46.4 Å². The highest BCUT2D eigenvalue weighted by Gasteiger charge is 2.24. The van der Waals surface area contributed by atoms with Crippen molar-refractivity contribution in [1.82, 2.24) is 15.3 Å². The average molecular weight is 511 g/mol. The minimum atomic E-state index is -4.25. The molecule has 4 rings (SSSR count). The molecule has 0 aliphatic carbocycles. The maximum absolute atomic E-state index is 12.7. The number of nitrogens with zero attached hydrogens (tertiary/aromatic N) is 1. The molecule has 1 aliphatic heterocycles. The number of H-pyrrole nitrogens is 1. The summed E-state index contributed by atoms with van der Waals surface area (Å²) in [6, 6.07) is 8.93. The van der Waals surface area contributed by atoms with Gasteiger partial charge in [-0.15, -0.1) is 0 Å². The lowest BCUT2D eigenvalue weighted by atomic mass is 9.92. The predicted molar refractivity (Wildman–Crippen MR) is 128 cm³/mol. The fourth-order valence-corrected chi connectivity index (χ4v) is 5.92. The van der Waals surface area contributed by atoms with Gasteiger partial charge >= 0.3 is 10.1 Å². The molecule has 0 radical (unpaired) electrons. The number of aromatic nitrogens is 2. The Kier molecular flexibility index (Phi) is 7.43. The van der Waals surface area contributed by atoms with Crippen molar-refractivity contribution in [2.45, 2.75) is 37.0 Å². The van der Waals surface area contributed by atoms with Crippen LogP contribution in [0.2, 0.25) is 10.0 Å². The summed E-state index contributed by atoms with van der Waals surface area (Å²) in [6.45, 7) is 2.10. The fraction of sp³-hybridized carbons (Fsp3) is 0.364. The zero-order valence-electron chi connectivity index (χ0n) is 17.7. The second kappa shape index (κ2) is 10.3. The molecular weight excluding hydrogens is 487 g/mol. The molecule has 176 valence electrons. The molecule has 1 fully saturated rings. The largest absolute Gasteiger partial charge is 0.379 e. The zero-order chi connectivity index (χ0) is 23.4. The first-order valence-electron chi connectivity index (χ1n) is 10.7. The Bertz CT molecular complexity index is 1240. The Morgan fingerprint density at radius 3 is 2.61 bits per heavy atom. The van der Waals surface area contributed by atoms with E-state index in [0.29, 0.717) is 29.3 Å². The monoisotopic (exact) mass is 510 g/mol. The number of halogens is 2. The number of benzene rings is 2. The van der Waals surface area contributed by atoms with E-state index in [1.807, 2.05) is 0 Å². The van der Waals surface area contributed by atoms with Crippen LogP contribution in [0, 0.1) is 5.92 Å². The Morgan fingerprint density at radius 2 is 1.88 bits per heavy atom. The summed E-state index contributed by atoms with van der Waals surface area (Å²) < 4.78 is 30.6. The number of anilines is 1. The topological polar surface area (TPSA) is 113 Å². The van der Waals surface area contributed by atoms with Crippen LogP contribution in [0.4, 0.5) is 5.95 Å². The highest BCUT2D eigenvalue weighted by Crippen LogP contribution is 2.32. The molecule has 3 N–H and O–H groups in total. The van der Waals surface area contributed by atoms with Crippen LogP contribution < -0.4 is 14.8 Å². The number of rotatable bonds is 8. The summed E-state index contributed by atoms with van der Waals surface area (Å²) in [6.07, 6.45) is 4.62. The van der Waals surface area contributed by atoms with Crippen molar-refractivity contribution in [3.63, 3.8) is 0 Å². The maximum Gasteiger partial charge on any atom is 0.342 e. The summed E-state index contributed by atoms with van der Waals surface area (Å²) in [4.78, 5) is 19.3. The van der Waals surface area contributed by atoms with Crippen molar-refractivity contribution in [2.75, 3.05) is 18.4 Å². The molecule has 33 heavy (non-hydrogen) atoms. The van der Waals surface area contributed by atoms with Gasteiger partial charge in [0.15, 0.2) is 0 Å². The van der Waals surface area contributed by atoms with E-state index in [2.05, 4.69) is 20.6 Å². The summed E-state index contributed by atoms with van der Waals surface area (Å²) >= 11 is 12.0. The van der Waals surface area contributed by atoms with Crippen LogP contribution in [0.15, 0.2) is 41.3 Å². The van der Waals surface area contributed by atoms with Gasteiger partial charge < -0.3 is 14.5 Å². The Balaban J connectivity index is 1.39. The number of carbonyl (C=O) groups is 1. The lowest BCUT2D eigenvalue weighted by molar-refractivity contribution is -0.116. The third-order valence-corrected chi connectivity index (χ3v) is 7.77. The van der Waals surface area contributed by atoms with E-state index in [9.17, 15) is 13.2 Å². The first-order valence-corrected chi connectivity index (χ1v) is 12.9. The van der Waals surface area contributed by atoms with Crippen LogP contribution >= 0.6 is 23.2 Å². The summed E-state index contributed by atoms with van der Waals surface area (Å²) in [5.74, 6) is 0.920. The van der Waals surface area contributed by atoms with E-state index in [4.69, 9.17) is 27.4 Å². The van der Waals surface area contributed by atoms with Crippen LogP contribution in [0.3, 0.4) is 0 Å². The van der Waals surface area contributed by atoms with Gasteiger partial charge in [-0.25, -0.2) is 4.98 Å². The molecule has 2 heterocycles. The summed E-state index contributed by atoms with van der Waals surface area (Å²) in [5.41, 5.74) is 1.07. The van der Waals surface area contributed by atoms with Crippen LogP contribution in [-0.4, -0.2) is 37.4 Å². The fourth-order valence-electron chi connectivity index (χ4n) is 3.91. The van der Waals surface area contributed by atoms with Crippen molar-refractivity contribution in [1.29, 1.82) is 0 Å². The number of carbonyl (C=O) groups excluding carboxylic acids is 1. The van der Waals surface area contributed by atoms with Crippen LogP contribution in [-0.2, 0) is 14.9 Å². The molecule has 0 bridgehead atoms. The van der Waals surface area contributed by atoms with Gasteiger partial charge in [0.05, 0.1) is 21.1 Å². The SMILES string of the molecule is O=C(CCCC1CCNCC1)Nc1nc2ccc(OS(=O)(=O)c3c(Cl)cccc3Cl)cc2[nH]1. The second-order valence-electron chi connectivity index (χ2n) is 7.99. The van der Waals surface area contributed by atoms with E-state index in [0.717, 1.165) is 38.8 Å². The first kappa shape index (κ1) is 23.8. The summed E-state index contributed by atoms with van der Waals surface area (Å²) in [7, 11) is -4.25. The number of nitrogens with one attached hydrogen (secondary N) is 3. The number of amides is 1. The van der Waals surface area contributed by atoms with E-state index in [1.54, 1.807) is 12.1 Å². The highest BCUT2D eigenvalue weighted by molar-refractivity contribution is 7.87. The molecule has 11 heteroatoms. The first-order chi connectivity index (χ1) is 15.8. The molecule has 1 aromatic heterocycles. The van der Waals surface area contributed by atoms with Crippen molar-refractivity contribution in [2.24, 2.45) is 5.92 Å². The molecule has 1 amide bonds. The van der Waals surface area contributed by atoms with Gasteiger partial charge in [0.2, 0.25) is 11.9 Å². The highest BCUT2D eigenvalue weighted by atomic mass is 35.5. The molecular formula is C22H24Cl2N4O4S. The molecule has 1 aliphatic rings. The number of hydrogen-bond donors (Lipinski definition) is 3. The van der Waals surface area contributed by atoms with Gasteiger partial charge in [0.25, 0.3) is 0 Å². The lowest BCUT2D eigenvalue weighted by Crippen LogP contribution is -2.27. The predicted octanol–water partition coefficient (Wildman–Crippen LogP) is 4.75. The minimum absolute atomic E-state index is 0.0322. The normalized spacial score (nSPS) is 15.0. The van der Waals surface area contributed by atoms with Crippen molar-refractivity contribution in [3.8, 4) is 5.75 Å². The smallest absolute Gasteiger partial charge is 0.342 e. The van der Waals surface area contributed by atoms with Gasteiger partial charge in [-0.3, -0.25) is 10.1 Å². The Hall–Kier alpha value is -2.33. The molecule has 0 atom stereocenters. The summed E-state index contributed by atoms with van der Waals surface area (Å²) in [5, 5.41) is 6.04. The lowest BCUT2D eigenvalue weighted by Gasteiger charge is -2.22. The maximum atomic E-state index is 12.7. The van der Waals surface area contributed by atoms with Crippen molar-refractivity contribution >= 4 is 56.2 Å². The van der Waals surface area contributed by atoms with Crippen LogP contribution in [0.5, 0.6) is 5.75 Å². The molecule has 3 aromatic rings. The molecule has 2 aromatic carbocycles. The van der Waals surface area contributed by atoms with E-state index < -0.39 is 10.1 Å². The van der Waals surface area contributed by atoms with Gasteiger partial charge in [-0.1, -0.05) is 29.3 Å². The van der Waals surface area contributed by atoms with E-state index in [1.165, 1.54) is 24.3 Å². The minimum Gasteiger partial charge on any atom is -0.379 e. The second-order valence-corrected chi connectivity index (χ2v) is 10.3. The standard InChI is InChI=1S/C22H24Cl2N4O4S/c23-16-4-2-5-17(24)21(16)33(30,31)32-15-7-8-18-19(13-15)27-22(26-18)28-20(29)6-1-3-14-9-11-25-12-10-14/h2,4-5,7-8,13-14,25H,1,3,6,9-12H2,(H2,26,27,28,29). The van der Waals surface area contributed by atoms with Gasteiger partial charge in [0, 0.05) is 12.5 Å². The van der Waals surface area contributed by atoms with Gasteiger partial charge in [-0.05, 0) is 69.0 Å². The third-order valence-electron chi connectivity index (χ3n) is 5.56. The molecule has 0 saturated carbocycles. The zero-order valence-corrected chi connectivity index (χ0v) is 20.1. The number of aromatic amines is 1. The molecule has 0 unspecified atom stereocenters. The molecule has 0 spiro atoms. The van der Waals surface area contributed by atoms with Gasteiger partial charge in [0.1, 0.15) is 10.6 Å². The molecule has 1 saturated heterocycles. The van der Waals surface area contributed by atoms with Crippen LogP contribution in [0.1, 0.15) is 32.1 Å². The third kappa shape index (κ3) is 5.97. The molecule has 8 nitrogen and oxygen atoms in total.